The monoisotopic (exact) mass is 392 g/mol. The van der Waals surface area contributed by atoms with Crippen LogP contribution in [0, 0.1) is 5.92 Å². The van der Waals surface area contributed by atoms with Crippen molar-refractivity contribution in [2.24, 2.45) is 5.92 Å². The molecule has 27 heavy (non-hydrogen) atoms. The summed E-state index contributed by atoms with van der Waals surface area (Å²) in [7, 11) is 0. The number of rotatable bonds is 11. The van der Waals surface area contributed by atoms with Crippen LogP contribution in [0.4, 0.5) is 0 Å². The van der Waals surface area contributed by atoms with Gasteiger partial charge in [-0.15, -0.1) is 0 Å². The Morgan fingerprint density at radius 2 is 1.96 bits per heavy atom. The quantitative estimate of drug-likeness (QED) is 0.583. The second-order valence-electron chi connectivity index (χ2n) is 8.41. The van der Waals surface area contributed by atoms with E-state index in [2.05, 4.69) is 17.9 Å². The summed E-state index contributed by atoms with van der Waals surface area (Å²) in [5, 5.41) is 10.5. The Morgan fingerprint density at radius 1 is 1.15 bits per heavy atom. The number of unbranched alkanes of at least 4 members (excludes halogenated alkanes) is 5. The van der Waals surface area contributed by atoms with Gasteiger partial charge in [0.1, 0.15) is 0 Å². The van der Waals surface area contributed by atoms with Gasteiger partial charge in [0.2, 0.25) is 0 Å². The van der Waals surface area contributed by atoms with Crippen molar-refractivity contribution in [3.63, 3.8) is 0 Å². The molecule has 0 amide bonds. The van der Waals surface area contributed by atoms with E-state index in [-0.39, 0.29) is 11.7 Å². The van der Waals surface area contributed by atoms with Gasteiger partial charge in [-0.25, -0.2) is 0 Å². The number of thioether (sulfide) groups is 1. The average molecular weight is 393 g/mol. The predicted octanol–water partition coefficient (Wildman–Crippen LogP) is 3.72. The lowest BCUT2D eigenvalue weighted by molar-refractivity contribution is 0.0717. The maximum absolute atomic E-state index is 12.1. The highest BCUT2D eigenvalue weighted by Gasteiger charge is 2.34. The third kappa shape index (κ3) is 6.10. The van der Waals surface area contributed by atoms with Gasteiger partial charge in [0, 0.05) is 49.6 Å². The number of aromatic nitrogens is 1. The molecular formula is C22H36N2O2S. The molecule has 3 rings (SSSR count). The molecule has 1 fully saturated rings. The van der Waals surface area contributed by atoms with Crippen molar-refractivity contribution in [2.75, 3.05) is 31.1 Å². The van der Waals surface area contributed by atoms with Crippen molar-refractivity contribution >= 4 is 11.8 Å². The number of piperidine rings is 1. The Bertz CT molecular complexity index is 633. The number of aliphatic hydroxyl groups is 1. The fourth-order valence-electron chi connectivity index (χ4n) is 4.70. The Kier molecular flexibility index (Phi) is 8.28. The fourth-order valence-corrected chi connectivity index (χ4v) is 5.65. The molecule has 2 bridgehead atoms. The number of pyridine rings is 1. The Morgan fingerprint density at radius 3 is 2.81 bits per heavy atom. The van der Waals surface area contributed by atoms with E-state index < -0.39 is 0 Å². The highest BCUT2D eigenvalue weighted by Crippen LogP contribution is 2.34. The summed E-state index contributed by atoms with van der Waals surface area (Å²) < 4.78 is 1.98. The molecule has 0 aromatic carbocycles. The molecule has 0 spiro atoms. The Hall–Kier alpha value is -0.780. The van der Waals surface area contributed by atoms with E-state index in [1.54, 1.807) is 6.07 Å². The molecule has 4 nitrogen and oxygen atoms in total. The summed E-state index contributed by atoms with van der Waals surface area (Å²) in [6.07, 6.45) is 8.95. The predicted molar refractivity (Wildman–Crippen MR) is 115 cm³/mol. The van der Waals surface area contributed by atoms with Crippen molar-refractivity contribution in [1.29, 1.82) is 0 Å². The highest BCUT2D eigenvalue weighted by atomic mass is 32.2. The van der Waals surface area contributed by atoms with Gasteiger partial charge in [0.15, 0.2) is 0 Å². The number of nitrogens with zero attached hydrogens (tertiary/aromatic N) is 2. The average Bonchev–Trinajstić information content (AvgIpc) is 2.65. The van der Waals surface area contributed by atoms with Crippen molar-refractivity contribution < 1.29 is 5.11 Å². The zero-order valence-corrected chi connectivity index (χ0v) is 17.6. The summed E-state index contributed by atoms with van der Waals surface area (Å²) >= 11 is 1.90. The van der Waals surface area contributed by atoms with Gasteiger partial charge in [-0.2, -0.15) is 11.8 Å². The number of likely N-dealkylation sites (tertiary alicyclic amines) is 1. The second-order valence-corrected chi connectivity index (χ2v) is 9.56. The van der Waals surface area contributed by atoms with Crippen LogP contribution in [0.5, 0.6) is 0 Å². The number of β-amino-alcohol motifs (C(OH)–C–C–N with tert-alkyl or cyclic N) is 1. The minimum absolute atomic E-state index is 0.141. The van der Waals surface area contributed by atoms with E-state index in [0.29, 0.717) is 11.8 Å². The molecule has 3 atom stereocenters. The van der Waals surface area contributed by atoms with Gasteiger partial charge in [0.25, 0.3) is 5.56 Å². The summed E-state index contributed by atoms with van der Waals surface area (Å²) in [5.74, 6) is 3.00. The summed E-state index contributed by atoms with van der Waals surface area (Å²) in [4.78, 5) is 14.5. The molecule has 2 aliphatic heterocycles. The molecule has 1 saturated heterocycles. The molecule has 1 aromatic heterocycles. The Labute approximate surface area is 168 Å². The van der Waals surface area contributed by atoms with E-state index in [1.807, 2.05) is 22.4 Å². The molecule has 5 heteroatoms. The number of hydrogen-bond acceptors (Lipinski definition) is 4. The first-order valence-electron chi connectivity index (χ1n) is 10.8. The van der Waals surface area contributed by atoms with Crippen LogP contribution in [0.2, 0.25) is 0 Å². The SMILES string of the molecule is CCCCCCCCSC[C@@H](O)CN1C[C@@H]2C[C@@H](C1)c1cccc(=O)n1C2. The second kappa shape index (κ2) is 10.7. The van der Waals surface area contributed by atoms with Crippen LogP contribution in [0.3, 0.4) is 0 Å². The highest BCUT2D eigenvalue weighted by molar-refractivity contribution is 7.99. The fraction of sp³-hybridized carbons (Fsp3) is 0.773. The van der Waals surface area contributed by atoms with Crippen LogP contribution in [0.1, 0.15) is 63.5 Å². The van der Waals surface area contributed by atoms with Crippen LogP contribution in [0.25, 0.3) is 0 Å². The first-order chi connectivity index (χ1) is 13.2. The molecule has 1 N–H and O–H groups in total. The van der Waals surface area contributed by atoms with Gasteiger partial charge in [-0.05, 0) is 30.6 Å². The maximum atomic E-state index is 12.1. The zero-order valence-electron chi connectivity index (χ0n) is 16.8. The topological polar surface area (TPSA) is 45.5 Å². The van der Waals surface area contributed by atoms with Crippen LogP contribution in [-0.2, 0) is 6.54 Å². The van der Waals surface area contributed by atoms with Crippen LogP contribution >= 0.6 is 11.8 Å². The van der Waals surface area contributed by atoms with Gasteiger partial charge in [-0.1, -0.05) is 45.1 Å². The molecule has 0 unspecified atom stereocenters. The van der Waals surface area contributed by atoms with Crippen LogP contribution in [-0.4, -0.2) is 51.8 Å². The molecule has 0 radical (unpaired) electrons. The smallest absolute Gasteiger partial charge is 0.250 e. The van der Waals surface area contributed by atoms with Crippen molar-refractivity contribution in [1.82, 2.24) is 9.47 Å². The molecule has 0 saturated carbocycles. The molecule has 152 valence electrons. The Balaban J connectivity index is 1.36. The standard InChI is InChI=1S/C22H36N2O2S/c1-2-3-4-5-6-7-11-27-17-20(25)16-23-13-18-12-19(15-23)21-9-8-10-22(26)24(21)14-18/h8-10,18-20,25H,2-7,11-17H2,1H3/t18-,19-,20-/m0/s1. The van der Waals surface area contributed by atoms with E-state index in [0.717, 1.165) is 31.9 Å². The van der Waals surface area contributed by atoms with Crippen molar-refractivity contribution in [3.05, 3.63) is 34.2 Å². The normalized spacial score (nSPS) is 23.2. The lowest BCUT2D eigenvalue weighted by atomic mass is 9.83. The molecule has 2 aliphatic rings. The number of aliphatic hydroxyl groups excluding tert-OH is 1. The summed E-state index contributed by atoms with van der Waals surface area (Å²) in [5.41, 5.74) is 1.33. The number of fused-ring (bicyclic) bond motifs is 4. The van der Waals surface area contributed by atoms with Crippen LogP contribution < -0.4 is 5.56 Å². The largest absolute Gasteiger partial charge is 0.391 e. The van der Waals surface area contributed by atoms with Gasteiger partial charge < -0.3 is 9.67 Å². The minimum Gasteiger partial charge on any atom is -0.391 e. The van der Waals surface area contributed by atoms with Crippen LogP contribution in [0.15, 0.2) is 23.0 Å². The summed E-state index contributed by atoms with van der Waals surface area (Å²) in [6.45, 7) is 5.85. The number of hydrogen-bond donors (Lipinski definition) is 1. The molecule has 0 aliphatic carbocycles. The third-order valence-electron chi connectivity index (χ3n) is 5.98. The lowest BCUT2D eigenvalue weighted by Gasteiger charge is -2.43. The van der Waals surface area contributed by atoms with E-state index >= 15 is 0 Å². The van der Waals surface area contributed by atoms with Gasteiger partial charge >= 0.3 is 0 Å². The van der Waals surface area contributed by atoms with Crippen molar-refractivity contribution in [3.8, 4) is 0 Å². The van der Waals surface area contributed by atoms with E-state index in [9.17, 15) is 9.90 Å². The molecular weight excluding hydrogens is 356 g/mol. The third-order valence-corrected chi connectivity index (χ3v) is 7.17. The van der Waals surface area contributed by atoms with Crippen molar-refractivity contribution in [2.45, 2.75) is 70.4 Å². The minimum atomic E-state index is -0.244. The van der Waals surface area contributed by atoms with E-state index in [4.69, 9.17) is 0 Å². The first-order valence-corrected chi connectivity index (χ1v) is 12.0. The molecule has 3 heterocycles. The summed E-state index contributed by atoms with van der Waals surface area (Å²) in [6, 6.07) is 5.67. The first kappa shape index (κ1) is 20.9. The lowest BCUT2D eigenvalue weighted by Crippen LogP contribution is -2.49. The van der Waals surface area contributed by atoms with E-state index in [1.165, 1.54) is 56.4 Å². The maximum Gasteiger partial charge on any atom is 0.250 e. The van der Waals surface area contributed by atoms with Gasteiger partial charge in [0.05, 0.1) is 6.10 Å². The molecule has 1 aromatic rings. The zero-order chi connectivity index (χ0) is 19.1. The van der Waals surface area contributed by atoms with Gasteiger partial charge in [-0.3, -0.25) is 9.69 Å².